The van der Waals surface area contributed by atoms with E-state index < -0.39 is 10.5 Å². The van der Waals surface area contributed by atoms with Gasteiger partial charge in [-0.1, -0.05) is 50.1 Å². The van der Waals surface area contributed by atoms with Gasteiger partial charge in [0.05, 0.1) is 0 Å². The van der Waals surface area contributed by atoms with Crippen molar-refractivity contribution in [3.8, 4) is 5.75 Å². The Labute approximate surface area is 137 Å². The largest absolute Gasteiger partial charge is 0.488 e. The molecule has 0 aliphatic heterocycles. The topological polar surface area (TPSA) is 55.4 Å². The fraction of sp³-hybridized carbons (Fsp3) is 0.200. The molecule has 0 atom stereocenters. The Morgan fingerprint density at radius 2 is 1.82 bits per heavy atom. The van der Waals surface area contributed by atoms with Crippen molar-refractivity contribution in [1.29, 1.82) is 0 Å². The molecule has 0 aliphatic carbocycles. The van der Waals surface area contributed by atoms with Crippen LogP contribution in [0.4, 0.5) is 3.89 Å². The molecule has 0 saturated heterocycles. The van der Waals surface area contributed by atoms with Crippen LogP contribution in [0.2, 0.25) is 0 Å². The van der Waals surface area contributed by atoms with E-state index in [9.17, 15) is 12.3 Å². The van der Waals surface area contributed by atoms with Crippen LogP contribution in [-0.4, -0.2) is 8.42 Å². The van der Waals surface area contributed by atoms with Crippen molar-refractivity contribution >= 4 is 26.4 Å². The van der Waals surface area contributed by atoms with E-state index in [1.54, 1.807) is 12.1 Å². The van der Waals surface area contributed by atoms with Crippen LogP contribution in [0.5, 0.6) is 5.75 Å². The molecular formula is C15H15BrFNO3S. The average Bonchev–Trinajstić information content (AvgIpc) is 2.44. The standard InChI is InChI=1S/C15H15BrFNO3S/c1-11-3-2-4-13(15(11)16)10-18-9-12-5-7-14(8-6-12)21-22(17,19)20/h2-8,18H,9-10H2,1H3. The highest BCUT2D eigenvalue weighted by atomic mass is 79.9. The molecule has 2 aromatic carbocycles. The molecule has 0 fully saturated rings. The van der Waals surface area contributed by atoms with Crippen molar-refractivity contribution in [1.82, 2.24) is 5.32 Å². The maximum absolute atomic E-state index is 12.4. The number of nitrogens with one attached hydrogen (secondary N) is 1. The van der Waals surface area contributed by atoms with Crippen molar-refractivity contribution in [3.63, 3.8) is 0 Å². The Morgan fingerprint density at radius 1 is 1.14 bits per heavy atom. The van der Waals surface area contributed by atoms with E-state index in [2.05, 4.69) is 25.4 Å². The van der Waals surface area contributed by atoms with Crippen molar-refractivity contribution < 1.29 is 16.5 Å². The zero-order valence-corrected chi connectivity index (χ0v) is 14.2. The van der Waals surface area contributed by atoms with Crippen LogP contribution >= 0.6 is 15.9 Å². The predicted octanol–water partition coefficient (Wildman–Crippen LogP) is 3.64. The van der Waals surface area contributed by atoms with Gasteiger partial charge in [-0.3, -0.25) is 0 Å². The van der Waals surface area contributed by atoms with Gasteiger partial charge in [-0.25, -0.2) is 0 Å². The number of halogens is 2. The van der Waals surface area contributed by atoms with Gasteiger partial charge < -0.3 is 9.50 Å². The molecule has 4 nitrogen and oxygen atoms in total. The van der Waals surface area contributed by atoms with E-state index in [0.29, 0.717) is 13.1 Å². The predicted molar refractivity (Wildman–Crippen MR) is 86.5 cm³/mol. The molecular weight excluding hydrogens is 373 g/mol. The third-order valence-corrected chi connectivity index (χ3v) is 4.56. The smallest absolute Gasteiger partial charge is 0.358 e. The van der Waals surface area contributed by atoms with Gasteiger partial charge in [0.15, 0.2) is 0 Å². The maximum Gasteiger partial charge on any atom is 0.488 e. The zero-order valence-electron chi connectivity index (χ0n) is 11.8. The second kappa shape index (κ2) is 7.21. The fourth-order valence-corrected chi connectivity index (χ4v) is 2.71. The molecule has 0 saturated carbocycles. The van der Waals surface area contributed by atoms with Crippen LogP contribution in [0.15, 0.2) is 46.9 Å². The van der Waals surface area contributed by atoms with E-state index in [4.69, 9.17) is 0 Å². The molecule has 2 rings (SSSR count). The molecule has 0 aliphatic rings. The first kappa shape index (κ1) is 16.9. The van der Waals surface area contributed by atoms with E-state index in [0.717, 1.165) is 15.6 Å². The van der Waals surface area contributed by atoms with Crippen molar-refractivity contribution in [2.24, 2.45) is 0 Å². The molecule has 0 aromatic heterocycles. The van der Waals surface area contributed by atoms with Gasteiger partial charge in [-0.2, -0.15) is 8.42 Å². The normalized spacial score (nSPS) is 11.4. The van der Waals surface area contributed by atoms with Gasteiger partial charge in [-0.15, -0.1) is 0 Å². The average molecular weight is 388 g/mol. The van der Waals surface area contributed by atoms with Crippen LogP contribution in [0.3, 0.4) is 0 Å². The zero-order chi connectivity index (χ0) is 16.2. The van der Waals surface area contributed by atoms with Crippen molar-refractivity contribution in [3.05, 3.63) is 63.6 Å². The molecule has 2 aromatic rings. The number of hydrogen-bond donors (Lipinski definition) is 1. The third-order valence-electron chi connectivity index (χ3n) is 3.04. The minimum absolute atomic E-state index is 0.0484. The second-order valence-corrected chi connectivity index (χ2v) is 6.52. The van der Waals surface area contributed by atoms with Gasteiger partial charge in [0.1, 0.15) is 5.75 Å². The summed E-state index contributed by atoms with van der Waals surface area (Å²) in [6.45, 7) is 3.33. The summed E-state index contributed by atoms with van der Waals surface area (Å²) in [5.74, 6) is -0.0484. The molecule has 0 spiro atoms. The van der Waals surface area contributed by atoms with Gasteiger partial charge >= 0.3 is 10.5 Å². The quantitative estimate of drug-likeness (QED) is 0.768. The van der Waals surface area contributed by atoms with Crippen molar-refractivity contribution in [2.45, 2.75) is 20.0 Å². The maximum atomic E-state index is 12.4. The van der Waals surface area contributed by atoms with Crippen LogP contribution in [0.1, 0.15) is 16.7 Å². The summed E-state index contributed by atoms with van der Waals surface area (Å²) in [4.78, 5) is 0. The van der Waals surface area contributed by atoms with Crippen LogP contribution in [-0.2, 0) is 23.6 Å². The first-order valence-electron chi connectivity index (χ1n) is 6.53. The third kappa shape index (κ3) is 5.08. The van der Waals surface area contributed by atoms with Crippen LogP contribution in [0.25, 0.3) is 0 Å². The summed E-state index contributed by atoms with van der Waals surface area (Å²) in [5, 5.41) is 3.29. The van der Waals surface area contributed by atoms with Gasteiger partial charge in [-0.05, 0) is 35.7 Å². The Kier molecular flexibility index (Phi) is 5.55. The van der Waals surface area contributed by atoms with E-state index in [1.165, 1.54) is 17.7 Å². The summed E-state index contributed by atoms with van der Waals surface area (Å²) in [6, 6.07) is 12.3. The fourth-order valence-electron chi connectivity index (χ4n) is 1.96. The molecule has 7 heteroatoms. The van der Waals surface area contributed by atoms with Crippen molar-refractivity contribution in [2.75, 3.05) is 0 Å². The molecule has 0 bridgehead atoms. The number of aryl methyl sites for hydroxylation is 1. The van der Waals surface area contributed by atoms with Gasteiger partial charge in [0.25, 0.3) is 0 Å². The highest BCUT2D eigenvalue weighted by Gasteiger charge is 2.09. The van der Waals surface area contributed by atoms with E-state index in [-0.39, 0.29) is 5.75 Å². The highest BCUT2D eigenvalue weighted by molar-refractivity contribution is 9.10. The summed E-state index contributed by atoms with van der Waals surface area (Å²) >= 11 is 3.56. The molecule has 0 amide bonds. The molecule has 22 heavy (non-hydrogen) atoms. The minimum Gasteiger partial charge on any atom is -0.358 e. The lowest BCUT2D eigenvalue weighted by atomic mass is 10.1. The van der Waals surface area contributed by atoms with Gasteiger partial charge in [0.2, 0.25) is 0 Å². The van der Waals surface area contributed by atoms with Crippen LogP contribution < -0.4 is 9.50 Å². The highest BCUT2D eigenvalue weighted by Crippen LogP contribution is 2.21. The monoisotopic (exact) mass is 387 g/mol. The first-order chi connectivity index (χ1) is 10.3. The Hall–Kier alpha value is -1.44. The Morgan fingerprint density at radius 3 is 2.45 bits per heavy atom. The number of rotatable bonds is 6. The lowest BCUT2D eigenvalue weighted by molar-refractivity contribution is 0.440. The molecule has 118 valence electrons. The summed E-state index contributed by atoms with van der Waals surface area (Å²) < 4.78 is 38.3. The van der Waals surface area contributed by atoms with E-state index >= 15 is 0 Å². The Balaban J connectivity index is 1.91. The Bertz CT molecular complexity index is 748. The molecule has 0 unspecified atom stereocenters. The summed E-state index contributed by atoms with van der Waals surface area (Å²) in [5.41, 5.74) is 3.27. The molecule has 1 N–H and O–H groups in total. The summed E-state index contributed by atoms with van der Waals surface area (Å²) in [6.07, 6.45) is 0. The number of benzene rings is 2. The lowest BCUT2D eigenvalue weighted by Crippen LogP contribution is -2.13. The first-order valence-corrected chi connectivity index (χ1v) is 8.63. The van der Waals surface area contributed by atoms with Gasteiger partial charge in [0, 0.05) is 17.6 Å². The SMILES string of the molecule is Cc1cccc(CNCc2ccc(OS(=O)(=O)F)cc2)c1Br. The van der Waals surface area contributed by atoms with E-state index in [1.807, 2.05) is 25.1 Å². The molecule has 0 heterocycles. The second-order valence-electron chi connectivity index (χ2n) is 4.77. The summed E-state index contributed by atoms with van der Waals surface area (Å²) in [7, 11) is -4.97. The minimum atomic E-state index is -4.97. The number of hydrogen-bond acceptors (Lipinski definition) is 4. The van der Waals surface area contributed by atoms with Crippen LogP contribution in [0, 0.1) is 6.92 Å². The molecule has 0 radical (unpaired) electrons. The lowest BCUT2D eigenvalue weighted by Gasteiger charge is -2.09.